The zero-order chi connectivity index (χ0) is 30.1. The van der Waals surface area contributed by atoms with Crippen LogP contribution in [0.4, 0.5) is 4.79 Å². The Balaban J connectivity index is 2.60. The summed E-state index contributed by atoms with van der Waals surface area (Å²) in [5.74, 6) is -2.39. The average Bonchev–Trinajstić information content (AvgIpc) is 2.90. The topological polar surface area (TPSA) is 163 Å². The Morgan fingerprint density at radius 2 is 1.77 bits per heavy atom. The van der Waals surface area contributed by atoms with Crippen molar-refractivity contribution in [2.24, 2.45) is 17.6 Å². The smallest absolute Gasteiger partial charge is 0.405 e. The number of fused-ring (bicyclic) bond motifs is 2. The number of hydrogen-bond acceptors (Lipinski definition) is 9. The van der Waals surface area contributed by atoms with Gasteiger partial charge in [0.1, 0.15) is 6.10 Å². The molecule has 0 saturated heterocycles. The van der Waals surface area contributed by atoms with Gasteiger partial charge in [-0.05, 0) is 38.2 Å². The number of hydrogen-bond donors (Lipinski definition) is 3. The van der Waals surface area contributed by atoms with Crippen LogP contribution in [0.2, 0.25) is 0 Å². The van der Waals surface area contributed by atoms with Crippen molar-refractivity contribution in [3.8, 4) is 0 Å². The first-order chi connectivity index (χ1) is 18.8. The van der Waals surface area contributed by atoms with Gasteiger partial charge in [0.2, 0.25) is 11.6 Å². The molecule has 0 aromatic heterocycles. The van der Waals surface area contributed by atoms with Gasteiger partial charge in [0.25, 0.3) is 5.91 Å². The standard InChI is InChI=1S/C29H40N2O9/c1-15-11-19-25(34)20(14-21(32)27(19)39-7)31-28(35)16(2)9-8-10-22(37-5)26(40-29(30)36)18(4)13-17(3)24(33)23(12-15)38-6/h8-10,13-15,17,22-24,26,33H,11-12H2,1-7H3,(H2,30,36)(H,31,35)/t15-,17+,22?,23+,24-,26+/m1/s1. The van der Waals surface area contributed by atoms with Gasteiger partial charge < -0.3 is 35.1 Å². The lowest BCUT2D eigenvalue weighted by Gasteiger charge is -2.29. The van der Waals surface area contributed by atoms with Crippen LogP contribution < -0.4 is 11.1 Å². The summed E-state index contributed by atoms with van der Waals surface area (Å²) in [5, 5.41) is 13.7. The van der Waals surface area contributed by atoms with E-state index < -0.39 is 53.9 Å². The first-order valence-electron chi connectivity index (χ1n) is 13.0. The fraction of sp³-hybridized carbons (Fsp3) is 0.517. The van der Waals surface area contributed by atoms with Crippen molar-refractivity contribution in [1.82, 2.24) is 5.32 Å². The van der Waals surface area contributed by atoms with Crippen LogP contribution in [0.15, 0.2) is 58.6 Å². The van der Waals surface area contributed by atoms with Crippen molar-refractivity contribution >= 4 is 23.6 Å². The summed E-state index contributed by atoms with van der Waals surface area (Å²) in [7, 11) is 4.21. The molecular weight excluding hydrogens is 520 g/mol. The number of rotatable bonds is 4. The Kier molecular flexibility index (Phi) is 12.0. The number of aliphatic hydroxyl groups excluding tert-OH is 1. The van der Waals surface area contributed by atoms with E-state index in [1.165, 1.54) is 34.3 Å². The highest BCUT2D eigenvalue weighted by Gasteiger charge is 2.34. The quantitative estimate of drug-likeness (QED) is 0.346. The first kappa shape index (κ1) is 32.7. The number of nitrogens with one attached hydrogen (secondary N) is 1. The summed E-state index contributed by atoms with van der Waals surface area (Å²) in [4.78, 5) is 50.6. The number of amides is 2. The maximum absolute atomic E-state index is 13.3. The van der Waals surface area contributed by atoms with E-state index in [9.17, 15) is 24.3 Å². The second-order valence-electron chi connectivity index (χ2n) is 10.1. The molecule has 2 aliphatic rings. The monoisotopic (exact) mass is 560 g/mol. The number of carbonyl (C=O) groups is 4. The lowest BCUT2D eigenvalue weighted by molar-refractivity contribution is -0.120. The fourth-order valence-corrected chi connectivity index (χ4v) is 4.78. The molecule has 1 heterocycles. The van der Waals surface area contributed by atoms with Crippen molar-refractivity contribution in [3.63, 3.8) is 0 Å². The lowest BCUT2D eigenvalue weighted by Crippen LogP contribution is -2.37. The van der Waals surface area contributed by atoms with Crippen molar-refractivity contribution in [2.75, 3.05) is 21.3 Å². The SMILES string of the molecule is COC1=C2C[C@@H](C)C[C@H](OC)[C@H](O)[C@@H](C)C=C(C)[C@H](OC(N)=O)C(OC)C=CC=C(C)C(=O)NC(=CC1=O)C2=O. The van der Waals surface area contributed by atoms with Gasteiger partial charge in [-0.15, -0.1) is 0 Å². The summed E-state index contributed by atoms with van der Waals surface area (Å²) in [6, 6.07) is 0. The van der Waals surface area contributed by atoms with Crippen molar-refractivity contribution < 1.29 is 43.2 Å². The highest BCUT2D eigenvalue weighted by atomic mass is 16.6. The van der Waals surface area contributed by atoms with E-state index in [1.54, 1.807) is 32.1 Å². The molecule has 6 atom stereocenters. The van der Waals surface area contributed by atoms with Gasteiger partial charge in [-0.1, -0.05) is 38.2 Å². The van der Waals surface area contributed by atoms with E-state index in [4.69, 9.17) is 24.7 Å². The highest BCUT2D eigenvalue weighted by molar-refractivity contribution is 6.23. The molecule has 40 heavy (non-hydrogen) atoms. The molecule has 1 unspecified atom stereocenters. The zero-order valence-electron chi connectivity index (χ0n) is 24.1. The van der Waals surface area contributed by atoms with Crippen LogP contribution in [0, 0.1) is 11.8 Å². The third-order valence-electron chi connectivity index (χ3n) is 6.95. The van der Waals surface area contributed by atoms with Crippen LogP contribution in [-0.2, 0) is 33.3 Å². The van der Waals surface area contributed by atoms with Gasteiger partial charge in [-0.2, -0.15) is 0 Å². The van der Waals surface area contributed by atoms with Crippen LogP contribution in [0.1, 0.15) is 40.5 Å². The molecule has 1 aliphatic heterocycles. The number of allylic oxidation sites excluding steroid dienone is 4. The van der Waals surface area contributed by atoms with Crippen molar-refractivity contribution in [3.05, 3.63) is 58.6 Å². The molecular formula is C29H40N2O9. The number of aliphatic hydroxyl groups is 1. The number of Topliss-reactive ketones (excluding diaryl/α,β-unsaturated/α-hetero) is 1. The molecule has 1 aliphatic carbocycles. The molecule has 0 saturated carbocycles. The number of carbonyl (C=O) groups excluding carboxylic acids is 4. The van der Waals surface area contributed by atoms with Gasteiger partial charge >= 0.3 is 6.09 Å². The molecule has 220 valence electrons. The normalized spacial score (nSPS) is 29.3. The zero-order valence-corrected chi connectivity index (χ0v) is 24.1. The summed E-state index contributed by atoms with van der Waals surface area (Å²) >= 11 is 0. The average molecular weight is 561 g/mol. The summed E-state index contributed by atoms with van der Waals surface area (Å²) in [5.41, 5.74) is 6.12. The second-order valence-corrected chi connectivity index (χ2v) is 10.1. The van der Waals surface area contributed by atoms with E-state index in [2.05, 4.69) is 5.32 Å². The van der Waals surface area contributed by atoms with Gasteiger partial charge in [-0.25, -0.2) is 4.79 Å². The molecule has 0 fully saturated rings. The molecule has 0 spiro atoms. The number of ketones is 2. The Labute approximate surface area is 234 Å². The Morgan fingerprint density at radius 3 is 2.35 bits per heavy atom. The van der Waals surface area contributed by atoms with E-state index in [-0.39, 0.29) is 34.9 Å². The number of ether oxygens (including phenoxy) is 4. The van der Waals surface area contributed by atoms with Gasteiger partial charge in [0, 0.05) is 37.4 Å². The minimum absolute atomic E-state index is 0.0801. The summed E-state index contributed by atoms with van der Waals surface area (Å²) < 4.78 is 21.7. The maximum Gasteiger partial charge on any atom is 0.405 e. The van der Waals surface area contributed by atoms with E-state index in [0.717, 1.165) is 6.08 Å². The van der Waals surface area contributed by atoms with Crippen LogP contribution in [0.3, 0.4) is 0 Å². The second kappa shape index (κ2) is 14.7. The van der Waals surface area contributed by atoms with Crippen molar-refractivity contribution in [2.45, 2.75) is 65.0 Å². The third-order valence-corrected chi connectivity index (χ3v) is 6.95. The number of primary amides is 1. The Morgan fingerprint density at radius 1 is 1.10 bits per heavy atom. The molecule has 0 aromatic carbocycles. The van der Waals surface area contributed by atoms with Crippen LogP contribution >= 0.6 is 0 Å². The van der Waals surface area contributed by atoms with E-state index >= 15 is 0 Å². The fourth-order valence-electron chi connectivity index (χ4n) is 4.78. The molecule has 2 bridgehead atoms. The van der Waals surface area contributed by atoms with E-state index in [0.29, 0.717) is 12.0 Å². The van der Waals surface area contributed by atoms with Gasteiger partial charge in [0.05, 0.1) is 25.0 Å². The minimum atomic E-state index is -1.00. The summed E-state index contributed by atoms with van der Waals surface area (Å²) in [6.45, 7) is 6.92. The molecule has 4 N–H and O–H groups in total. The van der Waals surface area contributed by atoms with Crippen LogP contribution in [-0.4, -0.2) is 74.4 Å². The molecule has 2 amide bonds. The maximum atomic E-state index is 13.3. The highest BCUT2D eigenvalue weighted by Crippen LogP contribution is 2.29. The van der Waals surface area contributed by atoms with Gasteiger partial charge in [-0.3, -0.25) is 14.4 Å². The Bertz CT molecular complexity index is 1150. The largest absolute Gasteiger partial charge is 0.492 e. The lowest BCUT2D eigenvalue weighted by atomic mass is 9.85. The van der Waals surface area contributed by atoms with Crippen LogP contribution in [0.5, 0.6) is 0 Å². The third kappa shape index (κ3) is 8.23. The number of methoxy groups -OCH3 is 3. The van der Waals surface area contributed by atoms with Gasteiger partial charge in [0.15, 0.2) is 11.9 Å². The molecule has 2 rings (SSSR count). The van der Waals surface area contributed by atoms with Crippen LogP contribution in [0.25, 0.3) is 0 Å². The van der Waals surface area contributed by atoms with E-state index in [1.807, 2.05) is 6.92 Å². The molecule has 11 heteroatoms. The first-order valence-corrected chi connectivity index (χ1v) is 13.0. The predicted octanol–water partition coefficient (Wildman–Crippen LogP) is 2.41. The molecule has 0 radical (unpaired) electrons. The predicted molar refractivity (Wildman–Crippen MR) is 147 cm³/mol. The minimum Gasteiger partial charge on any atom is -0.492 e. The molecule has 11 nitrogen and oxygen atoms in total. The van der Waals surface area contributed by atoms with Crippen molar-refractivity contribution in [1.29, 1.82) is 0 Å². The number of nitrogens with two attached hydrogens (primary N) is 1. The Hall–Kier alpha value is -3.54. The summed E-state index contributed by atoms with van der Waals surface area (Å²) in [6.07, 6.45) is 3.61. The molecule has 0 aromatic rings.